The number of carboxylic acids is 1. The quantitative estimate of drug-likeness (QED) is 0.0193. The van der Waals surface area contributed by atoms with Gasteiger partial charge in [-0.25, -0.2) is 4.79 Å². The van der Waals surface area contributed by atoms with E-state index < -0.39 is 149 Å². The molecule has 32 nitrogen and oxygen atoms in total. The van der Waals surface area contributed by atoms with Gasteiger partial charge in [0.1, 0.15) is 48.3 Å². The van der Waals surface area contributed by atoms with Crippen LogP contribution in [0.1, 0.15) is 156 Å². The third-order valence-electron chi connectivity index (χ3n) is 20.0. The minimum Gasteiger partial charge on any atom is -0.478 e. The number of carbonyl (C=O) groups excluding carboxylic acids is 12. The van der Waals surface area contributed by atoms with Gasteiger partial charge in [-0.2, -0.15) is 0 Å². The number of nitrogens with zero attached hydrogens (tertiary/aromatic N) is 4. The average Bonchev–Trinajstić information content (AvgIpc) is 1.64. The van der Waals surface area contributed by atoms with E-state index in [-0.39, 0.29) is 132 Å². The van der Waals surface area contributed by atoms with Crippen molar-refractivity contribution in [2.24, 2.45) is 29.0 Å². The summed E-state index contributed by atoms with van der Waals surface area (Å²) in [5, 5.41) is 51.2. The lowest BCUT2D eigenvalue weighted by molar-refractivity contribution is -0.161. The molecule has 0 bridgehead atoms. The fourth-order valence-corrected chi connectivity index (χ4v) is 13.5. The monoisotopic (exact) mass is 1610 g/mol. The van der Waals surface area contributed by atoms with E-state index in [1.54, 1.807) is 68.4 Å². The van der Waals surface area contributed by atoms with Gasteiger partial charge in [0.15, 0.2) is 11.4 Å². The number of carbonyl (C=O) groups is 13. The lowest BCUT2D eigenvalue weighted by atomic mass is 9.96. The Balaban J connectivity index is 1.18. The van der Waals surface area contributed by atoms with E-state index >= 15 is 9.59 Å². The number of aliphatic carboxylic acids is 1. The van der Waals surface area contributed by atoms with E-state index in [4.69, 9.17) is 28.8 Å². The minimum absolute atomic E-state index is 0.0155. The highest BCUT2D eigenvalue weighted by atomic mass is 35.5. The molecule has 6 aromatic rings. The van der Waals surface area contributed by atoms with Gasteiger partial charge in [0.2, 0.25) is 59.1 Å². The van der Waals surface area contributed by atoms with Crippen LogP contribution in [-0.4, -0.2) is 199 Å². The number of nitrogens with one attached hydrogen (secondary N) is 10. The smallest absolute Gasteiger partial charge is 0.344 e. The number of Topliss-reactive ketones (excluding diaryl/α,β-unsaturated/α-hetero) is 1. The predicted molar refractivity (Wildman–Crippen MR) is 429 cm³/mol. The third kappa shape index (κ3) is 28.1. The zero-order chi connectivity index (χ0) is 83.9. The summed E-state index contributed by atoms with van der Waals surface area (Å²) >= 11 is 6.26. The molecule has 0 radical (unpaired) electrons. The Hall–Kier alpha value is -11.2. The number of benzene rings is 3. The number of hydrogen-bond acceptors (Lipinski definition) is 20. The van der Waals surface area contributed by atoms with Gasteiger partial charge in [0, 0.05) is 93.1 Å². The number of pyridine rings is 3. The molecule has 115 heavy (non-hydrogen) atoms. The maximum Gasteiger partial charge on any atom is 0.344 e. The number of carboxylic acid groups (broad SMARTS) is 1. The van der Waals surface area contributed by atoms with Crippen molar-refractivity contribution in [3.8, 4) is 0 Å². The molecule has 0 aliphatic carbocycles. The summed E-state index contributed by atoms with van der Waals surface area (Å²) in [6.07, 6.45) is 8.56. The number of rotatable bonds is 46. The molecule has 12 atom stereocenters. The van der Waals surface area contributed by atoms with Crippen LogP contribution in [0, 0.1) is 11.8 Å². The molecule has 1 aliphatic rings. The zero-order valence-corrected chi connectivity index (χ0v) is 66.4. The lowest BCUT2D eigenvalue weighted by Gasteiger charge is -2.39. The number of amides is 11. The first kappa shape index (κ1) is 91.0. The molecule has 7 rings (SSSR count). The number of ketones is 1. The Kier molecular flexibility index (Phi) is 35.6. The molecule has 11 amide bonds. The normalized spacial score (nSPS) is 16.2. The molecule has 1 fully saturated rings. The van der Waals surface area contributed by atoms with Crippen molar-refractivity contribution < 1.29 is 72.5 Å². The van der Waals surface area contributed by atoms with Gasteiger partial charge in [-0.1, -0.05) is 100.0 Å². The summed E-state index contributed by atoms with van der Waals surface area (Å²) in [5.41, 5.74) is 18.5. The predicted octanol–water partition coefficient (Wildman–Crippen LogP) is 2.64. The summed E-state index contributed by atoms with van der Waals surface area (Å²) in [5.74, 6) is -11.5. The molecule has 2 unspecified atom stereocenters. The largest absolute Gasteiger partial charge is 0.478 e. The molecule has 33 heteroatoms. The topological polar surface area (TPSA) is 503 Å². The number of aromatic nitrogens is 3. The molecular weight excluding hydrogens is 1500 g/mol. The molecule has 1 saturated heterocycles. The number of fused-ring (bicyclic) bond motifs is 1. The zero-order valence-electron chi connectivity index (χ0n) is 65.6. The van der Waals surface area contributed by atoms with Gasteiger partial charge in [0.25, 0.3) is 5.91 Å². The maximum absolute atomic E-state index is 15.2. The van der Waals surface area contributed by atoms with Gasteiger partial charge in [0.05, 0.1) is 24.3 Å². The molecule has 3 aromatic heterocycles. The number of hydrogen-bond donors (Lipinski definition) is 15. The first-order chi connectivity index (χ1) is 54.9. The molecule has 0 saturated carbocycles. The first-order valence-corrected chi connectivity index (χ1v) is 39.1. The van der Waals surface area contributed by atoms with Crippen molar-refractivity contribution in [2.75, 3.05) is 19.7 Å². The molecule has 1 aliphatic heterocycles. The number of nitrogens with two attached hydrogens (primary N) is 3. The summed E-state index contributed by atoms with van der Waals surface area (Å²) in [4.78, 5) is 198. The summed E-state index contributed by atoms with van der Waals surface area (Å²) < 4.78 is 0. The third-order valence-corrected chi connectivity index (χ3v) is 20.2. The Morgan fingerprint density at radius 3 is 1.58 bits per heavy atom. The number of aliphatic hydroxyl groups is 1. The van der Waals surface area contributed by atoms with Crippen LogP contribution >= 0.6 is 11.6 Å². The highest BCUT2D eigenvalue weighted by Crippen LogP contribution is 2.30. The van der Waals surface area contributed by atoms with Crippen LogP contribution in [-0.2, 0) is 72.0 Å². The molecule has 3 aromatic carbocycles. The number of unbranched alkanes of at least 4 members (excludes halogenated alkanes) is 1. The Morgan fingerprint density at radius 2 is 1.02 bits per heavy atom. The van der Waals surface area contributed by atoms with Crippen LogP contribution in [0.25, 0.3) is 10.8 Å². The van der Waals surface area contributed by atoms with E-state index in [1.165, 1.54) is 57.1 Å². The Bertz CT molecular complexity index is 4300. The van der Waals surface area contributed by atoms with E-state index in [0.29, 0.717) is 28.1 Å². The number of aliphatic hydroxyl groups excluding tert-OH is 1. The second-order valence-corrected chi connectivity index (χ2v) is 30.2. The van der Waals surface area contributed by atoms with Gasteiger partial charge in [-0.15, -0.1) is 0 Å². The molecule has 18 N–H and O–H groups in total. The highest BCUT2D eigenvalue weighted by Gasteiger charge is 2.53. The summed E-state index contributed by atoms with van der Waals surface area (Å²) in [6, 6.07) is 14.2. The number of likely N-dealkylation sites (tertiary alicyclic amines) is 1. The van der Waals surface area contributed by atoms with Crippen molar-refractivity contribution in [1.29, 1.82) is 0 Å². The van der Waals surface area contributed by atoms with Gasteiger partial charge in [-0.05, 0) is 166 Å². The van der Waals surface area contributed by atoms with Crippen LogP contribution in [0.3, 0.4) is 0 Å². The van der Waals surface area contributed by atoms with Crippen LogP contribution in [0.15, 0.2) is 140 Å². The number of primary amides is 1. The second kappa shape index (κ2) is 45.0. The van der Waals surface area contributed by atoms with Crippen molar-refractivity contribution in [2.45, 2.75) is 210 Å². The average molecular weight is 1610 g/mol. The molecule has 618 valence electrons. The summed E-state index contributed by atoms with van der Waals surface area (Å²) in [6.45, 7) is 8.84. The van der Waals surface area contributed by atoms with Crippen LogP contribution < -0.4 is 70.4 Å². The van der Waals surface area contributed by atoms with Crippen molar-refractivity contribution in [3.05, 3.63) is 173 Å². The van der Waals surface area contributed by atoms with E-state index in [0.717, 1.165) is 15.7 Å². The van der Waals surface area contributed by atoms with Crippen LogP contribution in [0.2, 0.25) is 5.02 Å². The Labute approximate surface area is 673 Å². The van der Waals surface area contributed by atoms with E-state index in [9.17, 15) is 63.0 Å². The fraction of sp³-hybridized carbons (Fsp3) is 0.463. The first-order valence-electron chi connectivity index (χ1n) is 38.7. The highest BCUT2D eigenvalue weighted by molar-refractivity contribution is 6.30. The van der Waals surface area contributed by atoms with Crippen molar-refractivity contribution in [3.63, 3.8) is 0 Å². The fourth-order valence-electron chi connectivity index (χ4n) is 13.4. The SMILES string of the molecule is CC(=O)N[C@H](Cc1ccc2ccccc2c1)C(=O)N[C@H](Cc1ccc(Cl)cc1)C(=O)N[C@H](Cc1cccnc1)C(=O)N[C@@H](CO)C(=O)N[C@@H](CCCCNC(=O)c1cccnc1)C(=O)N[C@H](CCCC(N)C(=O)c1cccnc1)C(=O)N[C@@H](CC(C)C)C(=O)N[C@@H](CCCC(N)C(C)C)C(=O)N1CCC[C@]1(N[C@H](C)C(N)=O)C(=O)O. The van der Waals surface area contributed by atoms with Gasteiger partial charge < -0.3 is 80.2 Å². The minimum atomic E-state index is -2.11. The van der Waals surface area contributed by atoms with Crippen LogP contribution in [0.5, 0.6) is 0 Å². The molecule has 0 spiro atoms. The van der Waals surface area contributed by atoms with E-state index in [1.807, 2.05) is 56.3 Å². The van der Waals surface area contributed by atoms with Gasteiger partial charge in [-0.3, -0.25) is 77.8 Å². The van der Waals surface area contributed by atoms with Gasteiger partial charge >= 0.3 is 5.97 Å². The molecular formula is C82H108ClN17O15. The Morgan fingerprint density at radius 1 is 0.522 bits per heavy atom. The maximum atomic E-state index is 15.2. The molecule has 4 heterocycles. The lowest BCUT2D eigenvalue weighted by Crippen LogP contribution is -2.68. The van der Waals surface area contributed by atoms with Crippen molar-refractivity contribution in [1.82, 2.24) is 73.0 Å². The van der Waals surface area contributed by atoms with Crippen LogP contribution in [0.4, 0.5) is 0 Å². The summed E-state index contributed by atoms with van der Waals surface area (Å²) in [7, 11) is 0. The van der Waals surface area contributed by atoms with E-state index in [2.05, 4.69) is 68.1 Å². The standard InChI is InChI=1S/C82H108ClN17O15/c1-48(2)39-65(75(108)94-64(26-11-22-60(84)49(3)4)80(113)100-38-16-33-82(100,81(114)115)99-50(5)71(86)104)95-74(107)63(25-12-23-61(85)70(103)57-20-14-35-88-45-57)92-73(106)62(24-9-10-37-90-72(105)58-21-15-36-89-46-58)93-79(112)69(47-101)98-78(111)68(43-54-17-13-34-87-44-54)97-77(110)67(41-52-28-31-59(83)32-29-52)96-76(109)66(91-51(6)102)42-53-27-30-55-18-7-8-19-56(55)40-53/h7-8,13-15,17-21,27-32,34-36,40,44-46,48-50,60-69,99,101H,9-12,16,22-26,33,37-39,41-43,47,84-85H2,1-6H3,(H2,86,104)(H,90,105)(H,91,102)(H,92,106)(H,93,112)(H,94,108)(H,95,107)(H,96,109)(H,97,110)(H,98,111)(H,114,115)/t50-,60?,61?,62+,63-,64+,65+,66-,67-,68-,69+,82-/m1/s1. The number of halogens is 1. The second-order valence-electron chi connectivity index (χ2n) is 29.8. The van der Waals surface area contributed by atoms with Crippen molar-refractivity contribution >= 4 is 99.1 Å².